The number of hydrogen-bond acceptors (Lipinski definition) is 2. The zero-order chi connectivity index (χ0) is 25.2. The molecule has 0 radical (unpaired) electrons. The maximum Gasteiger partial charge on any atom is 0.251 e. The molecule has 0 saturated heterocycles. The molecule has 0 aliphatic carbocycles. The molecule has 0 aliphatic heterocycles. The number of anilines is 1. The average Bonchev–Trinajstić information content (AvgIpc) is 2.92. The molecule has 4 nitrogen and oxygen atoms in total. The molecule has 36 heavy (non-hydrogen) atoms. The Morgan fingerprint density at radius 1 is 0.750 bits per heavy atom. The predicted octanol–water partition coefficient (Wildman–Crippen LogP) is 6.35. The number of hydrogen-bond donors (Lipinski definition) is 1. The second kappa shape index (κ2) is 12.3. The van der Waals surface area contributed by atoms with E-state index in [2.05, 4.69) is 5.32 Å². The van der Waals surface area contributed by atoms with E-state index in [9.17, 15) is 9.59 Å². The number of rotatable bonds is 9. The summed E-state index contributed by atoms with van der Waals surface area (Å²) in [5.41, 5.74) is 4.75. The van der Waals surface area contributed by atoms with Crippen molar-refractivity contribution in [2.75, 3.05) is 4.90 Å². The van der Waals surface area contributed by atoms with E-state index in [-0.39, 0.29) is 24.3 Å². The maximum atomic E-state index is 13.2. The van der Waals surface area contributed by atoms with Gasteiger partial charge in [-0.2, -0.15) is 0 Å². The first-order valence-electron chi connectivity index (χ1n) is 12.1. The van der Waals surface area contributed by atoms with Crippen LogP contribution in [0.2, 0.25) is 0 Å². The van der Waals surface area contributed by atoms with Crippen LogP contribution in [-0.2, 0) is 22.6 Å². The van der Waals surface area contributed by atoms with Crippen molar-refractivity contribution < 1.29 is 9.59 Å². The average molecular weight is 475 g/mol. The quantitative estimate of drug-likeness (QED) is 0.287. The first kappa shape index (κ1) is 24.7. The van der Waals surface area contributed by atoms with Gasteiger partial charge in [0.1, 0.15) is 0 Å². The molecule has 0 spiro atoms. The van der Waals surface area contributed by atoms with E-state index in [4.69, 9.17) is 0 Å². The third-order valence-corrected chi connectivity index (χ3v) is 5.96. The Morgan fingerprint density at radius 2 is 1.33 bits per heavy atom. The lowest BCUT2D eigenvalue weighted by molar-refractivity contribution is -0.121. The fourth-order valence-corrected chi connectivity index (χ4v) is 3.98. The Bertz CT molecular complexity index is 1280. The summed E-state index contributed by atoms with van der Waals surface area (Å²) in [6, 6.07) is 37.1. The minimum Gasteiger partial charge on any atom is -0.349 e. The molecule has 0 unspecified atom stereocenters. The highest BCUT2D eigenvalue weighted by Crippen LogP contribution is 2.20. The summed E-state index contributed by atoms with van der Waals surface area (Å²) in [4.78, 5) is 27.6. The van der Waals surface area contributed by atoms with Gasteiger partial charge in [0, 0.05) is 11.8 Å². The molecule has 0 fully saturated rings. The smallest absolute Gasteiger partial charge is 0.251 e. The molecule has 4 heteroatoms. The summed E-state index contributed by atoms with van der Waals surface area (Å²) in [5, 5.41) is 3.05. The van der Waals surface area contributed by atoms with Crippen molar-refractivity contribution in [3.8, 4) is 0 Å². The molecule has 4 aromatic carbocycles. The van der Waals surface area contributed by atoms with E-state index in [0.29, 0.717) is 6.54 Å². The summed E-state index contributed by atoms with van der Waals surface area (Å²) in [6.45, 7) is 2.43. The van der Waals surface area contributed by atoms with Crippen molar-refractivity contribution in [1.29, 1.82) is 0 Å². The summed E-state index contributed by atoms with van der Waals surface area (Å²) in [7, 11) is 0. The summed E-state index contributed by atoms with van der Waals surface area (Å²) in [5.74, 6) is -0.146. The van der Waals surface area contributed by atoms with Gasteiger partial charge in [0.05, 0.1) is 19.0 Å². The van der Waals surface area contributed by atoms with Crippen LogP contribution in [0.4, 0.5) is 5.69 Å². The van der Waals surface area contributed by atoms with Crippen molar-refractivity contribution in [2.24, 2.45) is 0 Å². The molecule has 0 heterocycles. The fraction of sp³-hybridized carbons (Fsp3) is 0.125. The van der Waals surface area contributed by atoms with Crippen LogP contribution in [0.15, 0.2) is 121 Å². The molecule has 180 valence electrons. The van der Waals surface area contributed by atoms with Crippen LogP contribution in [0.1, 0.15) is 35.2 Å². The van der Waals surface area contributed by atoms with Gasteiger partial charge >= 0.3 is 0 Å². The Labute approximate surface area is 212 Å². The number of carbonyl (C=O) groups excluding carboxylic acids is 2. The Morgan fingerprint density at radius 3 is 1.97 bits per heavy atom. The molecule has 4 rings (SSSR count). The van der Waals surface area contributed by atoms with Gasteiger partial charge < -0.3 is 10.2 Å². The van der Waals surface area contributed by atoms with E-state index in [1.54, 1.807) is 11.0 Å². The number of benzene rings is 4. The predicted molar refractivity (Wildman–Crippen MR) is 146 cm³/mol. The van der Waals surface area contributed by atoms with Gasteiger partial charge in [-0.3, -0.25) is 9.59 Å². The lowest BCUT2D eigenvalue weighted by Gasteiger charge is -2.22. The third-order valence-electron chi connectivity index (χ3n) is 5.96. The molecule has 1 N–H and O–H groups in total. The SMILES string of the molecule is C[C@@H](NC(=O)Cc1ccc(N(Cc2ccccc2)C(=O)/C=C/c2ccccc2)cc1)c1ccccc1. The van der Waals surface area contributed by atoms with Gasteiger partial charge in [0.15, 0.2) is 0 Å². The summed E-state index contributed by atoms with van der Waals surface area (Å²) < 4.78 is 0. The molecule has 0 aliphatic rings. The second-order valence-electron chi connectivity index (χ2n) is 8.70. The van der Waals surface area contributed by atoms with E-state index in [1.165, 1.54) is 0 Å². The van der Waals surface area contributed by atoms with Crippen LogP contribution in [0.3, 0.4) is 0 Å². The monoisotopic (exact) mass is 474 g/mol. The van der Waals surface area contributed by atoms with Crippen LogP contribution in [0, 0.1) is 0 Å². The summed E-state index contributed by atoms with van der Waals surface area (Å²) in [6.07, 6.45) is 3.70. The molecular weight excluding hydrogens is 444 g/mol. The highest BCUT2D eigenvalue weighted by atomic mass is 16.2. The van der Waals surface area contributed by atoms with Crippen molar-refractivity contribution in [1.82, 2.24) is 5.32 Å². The summed E-state index contributed by atoms with van der Waals surface area (Å²) >= 11 is 0. The molecular formula is C32H30N2O2. The number of nitrogens with zero attached hydrogens (tertiary/aromatic N) is 1. The zero-order valence-corrected chi connectivity index (χ0v) is 20.4. The molecule has 2 amide bonds. The van der Waals surface area contributed by atoms with Gasteiger partial charge in [0.25, 0.3) is 5.91 Å². The lowest BCUT2D eigenvalue weighted by Crippen LogP contribution is -2.29. The number of amides is 2. The van der Waals surface area contributed by atoms with E-state index in [1.807, 2.05) is 128 Å². The molecule has 0 aromatic heterocycles. The minimum atomic E-state index is -0.107. The van der Waals surface area contributed by atoms with Gasteiger partial charge in [-0.25, -0.2) is 0 Å². The van der Waals surface area contributed by atoms with Crippen LogP contribution in [-0.4, -0.2) is 11.8 Å². The van der Waals surface area contributed by atoms with E-state index < -0.39 is 0 Å². The van der Waals surface area contributed by atoms with Gasteiger partial charge in [-0.1, -0.05) is 103 Å². The van der Waals surface area contributed by atoms with Gasteiger partial charge in [0.2, 0.25) is 5.91 Å². The topological polar surface area (TPSA) is 49.4 Å². The highest BCUT2D eigenvalue weighted by molar-refractivity contribution is 6.03. The molecule has 1 atom stereocenters. The molecule has 0 saturated carbocycles. The van der Waals surface area contributed by atoms with Gasteiger partial charge in [-0.15, -0.1) is 0 Å². The largest absolute Gasteiger partial charge is 0.349 e. The fourth-order valence-electron chi connectivity index (χ4n) is 3.98. The number of carbonyl (C=O) groups is 2. The van der Waals surface area contributed by atoms with Gasteiger partial charge in [-0.05, 0) is 47.4 Å². The second-order valence-corrected chi connectivity index (χ2v) is 8.70. The Kier molecular flexibility index (Phi) is 8.44. The normalized spacial score (nSPS) is 11.7. The maximum absolute atomic E-state index is 13.2. The van der Waals surface area contributed by atoms with Crippen molar-refractivity contribution in [3.63, 3.8) is 0 Å². The lowest BCUT2D eigenvalue weighted by atomic mass is 10.1. The van der Waals surface area contributed by atoms with Crippen molar-refractivity contribution >= 4 is 23.6 Å². The van der Waals surface area contributed by atoms with Crippen LogP contribution >= 0.6 is 0 Å². The highest BCUT2D eigenvalue weighted by Gasteiger charge is 2.15. The van der Waals surface area contributed by atoms with Crippen LogP contribution in [0.5, 0.6) is 0 Å². The van der Waals surface area contributed by atoms with E-state index in [0.717, 1.165) is 27.9 Å². The Hall–Kier alpha value is -4.44. The molecule has 4 aromatic rings. The number of nitrogens with one attached hydrogen (secondary N) is 1. The van der Waals surface area contributed by atoms with Crippen LogP contribution < -0.4 is 10.2 Å². The van der Waals surface area contributed by atoms with Crippen molar-refractivity contribution in [3.05, 3.63) is 144 Å². The zero-order valence-electron chi connectivity index (χ0n) is 20.4. The Balaban J connectivity index is 1.46. The first-order chi connectivity index (χ1) is 17.6. The standard InChI is InChI=1S/C32H30N2O2/c1-25(29-15-9-4-10-16-29)33-31(35)23-27-17-20-30(21-18-27)34(24-28-13-7-3-8-14-28)32(36)22-19-26-11-5-2-6-12-26/h2-22,25H,23-24H2,1H3,(H,33,35)/b22-19+/t25-/m1/s1. The van der Waals surface area contributed by atoms with Crippen LogP contribution in [0.25, 0.3) is 6.08 Å². The molecule has 0 bridgehead atoms. The minimum absolute atomic E-state index is 0.0397. The first-order valence-corrected chi connectivity index (χ1v) is 12.1. The third kappa shape index (κ3) is 7.03. The van der Waals surface area contributed by atoms with E-state index >= 15 is 0 Å². The van der Waals surface area contributed by atoms with Crippen molar-refractivity contribution in [2.45, 2.75) is 25.9 Å².